The van der Waals surface area contributed by atoms with Crippen molar-refractivity contribution in [3.05, 3.63) is 59.0 Å². The van der Waals surface area contributed by atoms with Crippen LogP contribution in [-0.2, 0) is 4.74 Å². The SMILES string of the molecule is Cc1nc2cc(NC(=O)c3ccc4c(c3)C(=O)N(CC3CCCO3)C4=O)ccc2o1. The molecule has 1 saturated heterocycles. The summed E-state index contributed by atoms with van der Waals surface area (Å²) >= 11 is 0. The molecule has 0 spiro atoms. The topological polar surface area (TPSA) is 102 Å². The molecule has 8 heteroatoms. The highest BCUT2D eigenvalue weighted by Gasteiger charge is 2.37. The molecule has 2 aliphatic heterocycles. The molecule has 152 valence electrons. The van der Waals surface area contributed by atoms with Crippen LogP contribution in [0.15, 0.2) is 40.8 Å². The van der Waals surface area contributed by atoms with Gasteiger partial charge >= 0.3 is 0 Å². The van der Waals surface area contributed by atoms with Crippen LogP contribution >= 0.6 is 0 Å². The van der Waals surface area contributed by atoms with Gasteiger partial charge in [-0.25, -0.2) is 4.98 Å². The third-order valence-electron chi connectivity index (χ3n) is 5.40. The number of hydrogen-bond donors (Lipinski definition) is 1. The molecule has 1 aromatic heterocycles. The van der Waals surface area contributed by atoms with Crippen LogP contribution in [0.25, 0.3) is 11.1 Å². The van der Waals surface area contributed by atoms with Crippen LogP contribution in [0.3, 0.4) is 0 Å². The third kappa shape index (κ3) is 3.15. The van der Waals surface area contributed by atoms with E-state index in [9.17, 15) is 14.4 Å². The molecule has 0 saturated carbocycles. The number of amides is 3. The van der Waals surface area contributed by atoms with Crippen molar-refractivity contribution in [3.63, 3.8) is 0 Å². The maximum atomic E-state index is 12.8. The maximum Gasteiger partial charge on any atom is 0.261 e. The number of fused-ring (bicyclic) bond motifs is 2. The number of benzene rings is 2. The second kappa shape index (κ2) is 7.07. The number of anilines is 1. The highest BCUT2D eigenvalue weighted by atomic mass is 16.5. The van der Waals surface area contributed by atoms with Crippen molar-refractivity contribution in [1.82, 2.24) is 9.88 Å². The fourth-order valence-electron chi connectivity index (χ4n) is 3.91. The standard InChI is InChI=1S/C22H19N3O5/c1-12-23-18-10-14(5-7-19(18)30-12)24-20(26)13-4-6-16-17(9-13)22(28)25(21(16)27)11-15-3-2-8-29-15/h4-7,9-10,15H,2-3,8,11H2,1H3,(H,24,26). The fourth-order valence-corrected chi connectivity index (χ4v) is 3.91. The minimum atomic E-state index is -0.389. The highest BCUT2D eigenvalue weighted by Crippen LogP contribution is 2.27. The molecule has 30 heavy (non-hydrogen) atoms. The molecule has 2 aromatic carbocycles. The van der Waals surface area contributed by atoms with Gasteiger partial charge in [-0.15, -0.1) is 0 Å². The Labute approximate surface area is 171 Å². The zero-order chi connectivity index (χ0) is 20.8. The molecule has 1 N–H and O–H groups in total. The normalized spacial score (nSPS) is 18.3. The van der Waals surface area contributed by atoms with Crippen LogP contribution in [0.4, 0.5) is 5.69 Å². The number of nitrogens with zero attached hydrogens (tertiary/aromatic N) is 2. The zero-order valence-corrected chi connectivity index (χ0v) is 16.3. The van der Waals surface area contributed by atoms with Gasteiger partial charge in [0, 0.05) is 24.8 Å². The van der Waals surface area contributed by atoms with Gasteiger partial charge in [-0.2, -0.15) is 0 Å². The number of rotatable bonds is 4. The van der Waals surface area contributed by atoms with E-state index in [1.54, 1.807) is 31.2 Å². The summed E-state index contributed by atoms with van der Waals surface area (Å²) in [5, 5.41) is 2.80. The molecule has 0 bridgehead atoms. The largest absolute Gasteiger partial charge is 0.441 e. The Morgan fingerprint density at radius 2 is 2.00 bits per heavy atom. The van der Waals surface area contributed by atoms with Crippen molar-refractivity contribution >= 4 is 34.5 Å². The van der Waals surface area contributed by atoms with E-state index in [1.807, 2.05) is 0 Å². The molecule has 0 aliphatic carbocycles. The van der Waals surface area contributed by atoms with Crippen LogP contribution < -0.4 is 5.32 Å². The van der Waals surface area contributed by atoms with E-state index in [-0.39, 0.29) is 35.9 Å². The molecular weight excluding hydrogens is 386 g/mol. The number of nitrogens with one attached hydrogen (secondary N) is 1. The molecule has 3 heterocycles. The smallest absolute Gasteiger partial charge is 0.261 e. The van der Waals surface area contributed by atoms with Crippen LogP contribution in [0, 0.1) is 6.92 Å². The van der Waals surface area contributed by atoms with Gasteiger partial charge in [-0.05, 0) is 49.2 Å². The Morgan fingerprint density at radius 3 is 2.80 bits per heavy atom. The number of imide groups is 1. The number of aromatic nitrogens is 1. The monoisotopic (exact) mass is 405 g/mol. The highest BCUT2D eigenvalue weighted by molar-refractivity contribution is 6.22. The molecule has 5 rings (SSSR count). The molecule has 3 aromatic rings. The zero-order valence-electron chi connectivity index (χ0n) is 16.3. The average Bonchev–Trinajstić information content (AvgIpc) is 3.43. The van der Waals surface area contributed by atoms with Crippen LogP contribution in [0.5, 0.6) is 0 Å². The number of carbonyl (C=O) groups is 3. The summed E-state index contributed by atoms with van der Waals surface area (Å²) in [6, 6.07) is 9.72. The molecule has 0 radical (unpaired) electrons. The van der Waals surface area contributed by atoms with Crippen molar-refractivity contribution in [1.29, 1.82) is 0 Å². The summed E-state index contributed by atoms with van der Waals surface area (Å²) in [4.78, 5) is 43.6. The van der Waals surface area contributed by atoms with E-state index < -0.39 is 0 Å². The number of hydrogen-bond acceptors (Lipinski definition) is 6. The molecule has 3 amide bonds. The van der Waals surface area contributed by atoms with Crippen molar-refractivity contribution in [2.24, 2.45) is 0 Å². The quantitative estimate of drug-likeness (QED) is 0.669. The molecule has 1 unspecified atom stereocenters. The van der Waals surface area contributed by atoms with E-state index in [4.69, 9.17) is 9.15 Å². The summed E-state index contributed by atoms with van der Waals surface area (Å²) in [5.74, 6) is -0.568. The van der Waals surface area contributed by atoms with E-state index >= 15 is 0 Å². The van der Waals surface area contributed by atoms with Gasteiger partial charge in [0.2, 0.25) is 0 Å². The minimum absolute atomic E-state index is 0.120. The van der Waals surface area contributed by atoms with Crippen LogP contribution in [0.1, 0.15) is 49.8 Å². The van der Waals surface area contributed by atoms with Gasteiger partial charge in [-0.3, -0.25) is 19.3 Å². The Morgan fingerprint density at radius 1 is 1.17 bits per heavy atom. The van der Waals surface area contributed by atoms with E-state index in [1.165, 1.54) is 17.0 Å². The molecule has 1 fully saturated rings. The molecule has 1 atom stereocenters. The minimum Gasteiger partial charge on any atom is -0.441 e. The summed E-state index contributed by atoms with van der Waals surface area (Å²) in [6.45, 7) is 2.64. The number of carbonyl (C=O) groups excluding carboxylic acids is 3. The van der Waals surface area contributed by atoms with Gasteiger partial charge in [0.05, 0.1) is 23.8 Å². The lowest BCUT2D eigenvalue weighted by Crippen LogP contribution is -2.36. The third-order valence-corrected chi connectivity index (χ3v) is 5.40. The second-order valence-electron chi connectivity index (χ2n) is 7.49. The predicted molar refractivity (Wildman–Crippen MR) is 107 cm³/mol. The van der Waals surface area contributed by atoms with Gasteiger partial charge in [0.1, 0.15) is 5.52 Å². The lowest BCUT2D eigenvalue weighted by Gasteiger charge is -2.17. The van der Waals surface area contributed by atoms with Gasteiger partial charge < -0.3 is 14.5 Å². The van der Waals surface area contributed by atoms with Gasteiger partial charge in [0.15, 0.2) is 11.5 Å². The lowest BCUT2D eigenvalue weighted by atomic mass is 10.1. The van der Waals surface area contributed by atoms with Crippen LogP contribution in [0.2, 0.25) is 0 Å². The van der Waals surface area contributed by atoms with E-state index in [0.29, 0.717) is 40.4 Å². The fraction of sp³-hybridized carbons (Fsp3) is 0.273. The number of oxazole rings is 1. The van der Waals surface area contributed by atoms with Crippen molar-refractivity contribution in [3.8, 4) is 0 Å². The van der Waals surface area contributed by atoms with E-state index in [0.717, 1.165) is 12.8 Å². The first-order chi connectivity index (χ1) is 14.5. The number of ether oxygens (including phenoxy) is 1. The summed E-state index contributed by atoms with van der Waals surface area (Å²) in [6.07, 6.45) is 1.64. The van der Waals surface area contributed by atoms with E-state index in [2.05, 4.69) is 10.3 Å². The van der Waals surface area contributed by atoms with Crippen LogP contribution in [-0.4, -0.2) is 46.9 Å². The van der Waals surface area contributed by atoms with Crippen molar-refractivity contribution < 1.29 is 23.5 Å². The summed E-state index contributed by atoms with van der Waals surface area (Å²) < 4.78 is 11.0. The lowest BCUT2D eigenvalue weighted by molar-refractivity contribution is 0.0475. The number of aryl methyl sites for hydroxylation is 1. The van der Waals surface area contributed by atoms with Gasteiger partial charge in [0.25, 0.3) is 17.7 Å². The second-order valence-corrected chi connectivity index (χ2v) is 7.49. The first kappa shape index (κ1) is 18.5. The maximum absolute atomic E-state index is 12.8. The first-order valence-corrected chi connectivity index (χ1v) is 9.80. The first-order valence-electron chi connectivity index (χ1n) is 9.80. The van der Waals surface area contributed by atoms with Crippen molar-refractivity contribution in [2.45, 2.75) is 25.9 Å². The summed E-state index contributed by atoms with van der Waals surface area (Å²) in [5.41, 5.74) is 2.69. The molecular formula is C22H19N3O5. The Hall–Kier alpha value is -3.52. The Balaban J connectivity index is 1.36. The summed E-state index contributed by atoms with van der Waals surface area (Å²) in [7, 11) is 0. The molecule has 2 aliphatic rings. The molecule has 8 nitrogen and oxygen atoms in total. The predicted octanol–water partition coefficient (Wildman–Crippen LogP) is 3.16. The average molecular weight is 405 g/mol. The Kier molecular flexibility index (Phi) is 4.36. The Bertz CT molecular complexity index is 1190. The van der Waals surface area contributed by atoms with Gasteiger partial charge in [-0.1, -0.05) is 0 Å². The van der Waals surface area contributed by atoms with Crippen molar-refractivity contribution in [2.75, 3.05) is 18.5 Å².